The second-order valence-electron chi connectivity index (χ2n) is 6.70. The summed E-state index contributed by atoms with van der Waals surface area (Å²) < 4.78 is 10.6. The van der Waals surface area contributed by atoms with Crippen LogP contribution in [0.2, 0.25) is 0 Å². The Kier molecular flexibility index (Phi) is 6.29. The Balaban J connectivity index is 1.84. The summed E-state index contributed by atoms with van der Waals surface area (Å²) >= 11 is 0. The van der Waals surface area contributed by atoms with E-state index in [0.717, 1.165) is 22.8 Å². The first-order valence-corrected chi connectivity index (χ1v) is 9.28. The zero-order valence-electron chi connectivity index (χ0n) is 16.9. The van der Waals surface area contributed by atoms with Gasteiger partial charge in [0.15, 0.2) is 0 Å². The molecule has 7 heteroatoms. The molecule has 0 unspecified atom stereocenters. The molecule has 7 nitrogen and oxygen atoms in total. The van der Waals surface area contributed by atoms with Gasteiger partial charge >= 0.3 is 5.97 Å². The molecule has 0 fully saturated rings. The van der Waals surface area contributed by atoms with Crippen LogP contribution >= 0.6 is 0 Å². The number of nitrogens with zero attached hydrogens (tertiary/aromatic N) is 2. The Bertz CT molecular complexity index is 1000. The molecule has 3 rings (SSSR count). The number of rotatable bonds is 7. The van der Waals surface area contributed by atoms with E-state index in [1.54, 1.807) is 18.2 Å². The van der Waals surface area contributed by atoms with Gasteiger partial charge in [-0.3, -0.25) is 0 Å². The summed E-state index contributed by atoms with van der Waals surface area (Å²) in [6.07, 6.45) is 0.0516. The SMILES string of the molecule is COC(=O)c1cccc(Nc2cc(C)nc(Nc3ccccc3OC(C)C)n2)c1. The number of aromatic nitrogens is 2. The van der Waals surface area contributed by atoms with Crippen molar-refractivity contribution in [1.82, 2.24) is 9.97 Å². The van der Waals surface area contributed by atoms with Gasteiger partial charge in [0.05, 0.1) is 24.5 Å². The fourth-order valence-electron chi connectivity index (χ4n) is 2.73. The fraction of sp³-hybridized carbons (Fsp3) is 0.227. The van der Waals surface area contributed by atoms with Gasteiger partial charge in [0.2, 0.25) is 5.95 Å². The molecular formula is C22H24N4O3. The highest BCUT2D eigenvalue weighted by Crippen LogP contribution is 2.28. The first-order valence-electron chi connectivity index (χ1n) is 9.28. The maximum absolute atomic E-state index is 11.7. The molecule has 150 valence electrons. The Morgan fingerprint density at radius 2 is 1.79 bits per heavy atom. The minimum atomic E-state index is -0.392. The lowest BCUT2D eigenvalue weighted by atomic mass is 10.2. The molecule has 0 aliphatic rings. The van der Waals surface area contributed by atoms with Crippen molar-refractivity contribution in [1.29, 1.82) is 0 Å². The average Bonchev–Trinajstić information content (AvgIpc) is 2.68. The van der Waals surface area contributed by atoms with Crippen LogP contribution < -0.4 is 15.4 Å². The standard InChI is InChI=1S/C22H24N4O3/c1-14(2)29-19-11-6-5-10-18(19)25-22-23-15(3)12-20(26-22)24-17-9-7-8-16(13-17)21(27)28-4/h5-14H,1-4H3,(H2,23,24,25,26). The van der Waals surface area contributed by atoms with Crippen molar-refractivity contribution in [3.63, 3.8) is 0 Å². The van der Waals surface area contributed by atoms with E-state index in [1.807, 2.05) is 57.2 Å². The van der Waals surface area contributed by atoms with E-state index >= 15 is 0 Å². The number of carbonyl (C=O) groups is 1. The number of para-hydroxylation sites is 2. The van der Waals surface area contributed by atoms with E-state index in [1.165, 1.54) is 7.11 Å². The Labute approximate surface area is 170 Å². The monoisotopic (exact) mass is 392 g/mol. The van der Waals surface area contributed by atoms with Crippen molar-refractivity contribution in [3.8, 4) is 5.75 Å². The molecule has 0 bridgehead atoms. The summed E-state index contributed by atoms with van der Waals surface area (Å²) in [5, 5.41) is 6.43. The molecule has 0 aliphatic heterocycles. The summed E-state index contributed by atoms with van der Waals surface area (Å²) in [5.74, 6) is 1.38. The van der Waals surface area contributed by atoms with Gasteiger partial charge in [0.25, 0.3) is 0 Å². The van der Waals surface area contributed by atoms with Gasteiger partial charge in [-0.25, -0.2) is 9.78 Å². The number of esters is 1. The van der Waals surface area contributed by atoms with Crippen LogP contribution in [0, 0.1) is 6.92 Å². The number of carbonyl (C=O) groups excluding carboxylic acids is 1. The summed E-state index contributed by atoms with van der Waals surface area (Å²) in [4.78, 5) is 20.7. The van der Waals surface area contributed by atoms with Crippen molar-refractivity contribution < 1.29 is 14.3 Å². The first kappa shape index (κ1) is 20.1. The Hall–Kier alpha value is -3.61. The minimum Gasteiger partial charge on any atom is -0.489 e. The van der Waals surface area contributed by atoms with Gasteiger partial charge in [-0.1, -0.05) is 18.2 Å². The van der Waals surface area contributed by atoms with Crippen molar-refractivity contribution >= 4 is 29.1 Å². The highest BCUT2D eigenvalue weighted by Gasteiger charge is 2.10. The third kappa shape index (κ3) is 5.44. The van der Waals surface area contributed by atoms with E-state index in [4.69, 9.17) is 9.47 Å². The van der Waals surface area contributed by atoms with Crippen LogP contribution in [0.15, 0.2) is 54.6 Å². The van der Waals surface area contributed by atoms with Crippen LogP contribution in [0.1, 0.15) is 29.9 Å². The minimum absolute atomic E-state index is 0.0516. The van der Waals surface area contributed by atoms with E-state index in [-0.39, 0.29) is 6.10 Å². The molecule has 2 aromatic carbocycles. The third-order valence-electron chi connectivity index (χ3n) is 3.91. The molecule has 2 N–H and O–H groups in total. The summed E-state index contributed by atoms with van der Waals surface area (Å²) in [6, 6.07) is 16.5. The van der Waals surface area contributed by atoms with Crippen molar-refractivity contribution in [2.75, 3.05) is 17.7 Å². The summed E-state index contributed by atoms with van der Waals surface area (Å²) in [5.41, 5.74) is 2.75. The van der Waals surface area contributed by atoms with Gasteiger partial charge in [-0.2, -0.15) is 4.98 Å². The highest BCUT2D eigenvalue weighted by molar-refractivity contribution is 5.90. The predicted octanol–water partition coefficient (Wildman–Crippen LogP) is 4.85. The number of methoxy groups -OCH3 is 1. The lowest BCUT2D eigenvalue weighted by Gasteiger charge is -2.15. The lowest BCUT2D eigenvalue weighted by molar-refractivity contribution is 0.0601. The first-order chi connectivity index (χ1) is 13.9. The molecule has 0 atom stereocenters. The third-order valence-corrected chi connectivity index (χ3v) is 3.91. The van der Waals surface area contributed by atoms with Gasteiger partial charge in [0, 0.05) is 17.4 Å². The maximum Gasteiger partial charge on any atom is 0.337 e. The quantitative estimate of drug-likeness (QED) is 0.556. The van der Waals surface area contributed by atoms with Crippen LogP contribution in [0.4, 0.5) is 23.1 Å². The number of hydrogen-bond donors (Lipinski definition) is 2. The second-order valence-corrected chi connectivity index (χ2v) is 6.70. The molecule has 0 saturated heterocycles. The van der Waals surface area contributed by atoms with E-state index < -0.39 is 5.97 Å². The molecule has 1 heterocycles. The number of nitrogens with one attached hydrogen (secondary N) is 2. The fourth-order valence-corrected chi connectivity index (χ4v) is 2.73. The second kappa shape index (κ2) is 9.05. The van der Waals surface area contributed by atoms with Gasteiger partial charge < -0.3 is 20.1 Å². The molecule has 0 spiro atoms. The predicted molar refractivity (Wildman–Crippen MR) is 113 cm³/mol. The normalized spacial score (nSPS) is 10.5. The molecular weight excluding hydrogens is 368 g/mol. The van der Waals surface area contributed by atoms with Gasteiger partial charge in [0.1, 0.15) is 11.6 Å². The molecule has 0 saturated carbocycles. The largest absolute Gasteiger partial charge is 0.489 e. The van der Waals surface area contributed by atoms with Crippen LogP contribution in [-0.2, 0) is 4.74 Å². The van der Waals surface area contributed by atoms with Gasteiger partial charge in [-0.15, -0.1) is 0 Å². The molecule has 0 amide bonds. The van der Waals surface area contributed by atoms with Crippen LogP contribution in [-0.4, -0.2) is 29.2 Å². The summed E-state index contributed by atoms with van der Waals surface area (Å²) in [7, 11) is 1.36. The van der Waals surface area contributed by atoms with Gasteiger partial charge in [-0.05, 0) is 51.1 Å². The van der Waals surface area contributed by atoms with Crippen molar-refractivity contribution in [2.45, 2.75) is 26.9 Å². The zero-order chi connectivity index (χ0) is 20.8. The van der Waals surface area contributed by atoms with Crippen molar-refractivity contribution in [3.05, 3.63) is 65.9 Å². The lowest BCUT2D eigenvalue weighted by Crippen LogP contribution is -2.08. The van der Waals surface area contributed by atoms with Crippen LogP contribution in [0.25, 0.3) is 0 Å². The number of hydrogen-bond acceptors (Lipinski definition) is 7. The maximum atomic E-state index is 11.7. The Morgan fingerprint density at radius 1 is 1.00 bits per heavy atom. The highest BCUT2D eigenvalue weighted by atomic mass is 16.5. The summed E-state index contributed by atoms with van der Waals surface area (Å²) in [6.45, 7) is 5.84. The van der Waals surface area contributed by atoms with Crippen LogP contribution in [0.3, 0.4) is 0 Å². The average molecular weight is 392 g/mol. The Morgan fingerprint density at radius 3 is 2.55 bits per heavy atom. The van der Waals surface area contributed by atoms with Crippen LogP contribution in [0.5, 0.6) is 5.75 Å². The van der Waals surface area contributed by atoms with E-state index in [2.05, 4.69) is 20.6 Å². The molecule has 29 heavy (non-hydrogen) atoms. The number of benzene rings is 2. The van der Waals surface area contributed by atoms with E-state index in [9.17, 15) is 4.79 Å². The zero-order valence-corrected chi connectivity index (χ0v) is 16.9. The number of aryl methyl sites for hydroxylation is 1. The molecule has 1 aromatic heterocycles. The van der Waals surface area contributed by atoms with E-state index in [0.29, 0.717) is 17.3 Å². The molecule has 3 aromatic rings. The molecule has 0 radical (unpaired) electrons. The van der Waals surface area contributed by atoms with Crippen molar-refractivity contribution in [2.24, 2.45) is 0 Å². The smallest absolute Gasteiger partial charge is 0.337 e. The topological polar surface area (TPSA) is 85.4 Å². The molecule has 0 aliphatic carbocycles. The number of ether oxygens (including phenoxy) is 2. The number of anilines is 4.